The first-order valence-corrected chi connectivity index (χ1v) is 14.9. The van der Waals surface area contributed by atoms with Gasteiger partial charge in [-0.1, -0.05) is 0 Å². The van der Waals surface area contributed by atoms with Crippen molar-refractivity contribution < 1.29 is 23.8 Å². The number of rotatable bonds is 9. The number of hydrogen-bond acceptors (Lipinski definition) is 10. The molecular weight excluding hydrogens is 550 g/mol. The fraction of sp³-hybridized carbons (Fsp3) is 0.516. The fourth-order valence-electron chi connectivity index (χ4n) is 5.29. The number of benzene rings is 1. The van der Waals surface area contributed by atoms with Gasteiger partial charge < -0.3 is 30.2 Å². The van der Waals surface area contributed by atoms with E-state index in [4.69, 9.17) is 24.9 Å². The molecule has 12 nitrogen and oxygen atoms in total. The first-order chi connectivity index (χ1) is 20.7. The molecule has 2 saturated heterocycles. The number of carbonyl (C=O) groups is 2. The Hall–Kier alpha value is -4.03. The molecule has 1 aromatic carbocycles. The van der Waals surface area contributed by atoms with E-state index >= 15 is 0 Å². The van der Waals surface area contributed by atoms with Gasteiger partial charge in [-0.05, 0) is 70.4 Å². The van der Waals surface area contributed by atoms with Crippen molar-refractivity contribution in [3.8, 4) is 17.0 Å². The molecule has 2 aromatic heterocycles. The van der Waals surface area contributed by atoms with E-state index in [0.717, 1.165) is 63.4 Å². The molecule has 230 valence electrons. The molecule has 0 bridgehead atoms. The van der Waals surface area contributed by atoms with Crippen molar-refractivity contribution in [3.63, 3.8) is 0 Å². The quantitative estimate of drug-likeness (QED) is 0.353. The number of hydrogen-bond donors (Lipinski definition) is 2. The van der Waals surface area contributed by atoms with Gasteiger partial charge in [0.05, 0.1) is 31.1 Å². The number of anilines is 1. The average molecular weight is 592 g/mol. The van der Waals surface area contributed by atoms with E-state index in [0.29, 0.717) is 42.2 Å². The predicted octanol–water partition coefficient (Wildman–Crippen LogP) is 3.70. The molecule has 0 unspecified atom stereocenters. The van der Waals surface area contributed by atoms with Crippen LogP contribution >= 0.6 is 0 Å². The molecule has 4 heterocycles. The molecule has 0 spiro atoms. The highest BCUT2D eigenvalue weighted by Crippen LogP contribution is 2.29. The zero-order valence-corrected chi connectivity index (χ0v) is 25.2. The van der Waals surface area contributed by atoms with Gasteiger partial charge in [0.1, 0.15) is 28.7 Å². The minimum atomic E-state index is -0.604. The number of pyridine rings is 1. The van der Waals surface area contributed by atoms with Gasteiger partial charge in [-0.15, -0.1) is 0 Å². The predicted molar refractivity (Wildman–Crippen MR) is 163 cm³/mol. The van der Waals surface area contributed by atoms with E-state index in [2.05, 4.69) is 20.2 Å². The van der Waals surface area contributed by atoms with Crippen molar-refractivity contribution in [2.45, 2.75) is 51.7 Å². The summed E-state index contributed by atoms with van der Waals surface area (Å²) in [4.78, 5) is 42.9. The third kappa shape index (κ3) is 8.08. The average Bonchev–Trinajstić information content (AvgIpc) is 2.99. The fourth-order valence-corrected chi connectivity index (χ4v) is 5.29. The van der Waals surface area contributed by atoms with Crippen LogP contribution in [0, 0.1) is 0 Å². The summed E-state index contributed by atoms with van der Waals surface area (Å²) in [7, 11) is 0. The Morgan fingerprint density at radius 2 is 1.86 bits per heavy atom. The lowest BCUT2D eigenvalue weighted by molar-refractivity contribution is 0.0206. The Kier molecular flexibility index (Phi) is 9.56. The summed E-state index contributed by atoms with van der Waals surface area (Å²) in [6.45, 7) is 11.8. The van der Waals surface area contributed by atoms with Crippen molar-refractivity contribution in [1.82, 2.24) is 24.8 Å². The summed E-state index contributed by atoms with van der Waals surface area (Å²) in [5, 5.41) is 3.43. The lowest BCUT2D eigenvalue weighted by atomic mass is 10.0. The van der Waals surface area contributed by atoms with Gasteiger partial charge in [0.15, 0.2) is 5.82 Å². The second-order valence-corrected chi connectivity index (χ2v) is 11.9. The number of fused-ring (bicyclic) bond motifs is 1. The van der Waals surface area contributed by atoms with E-state index < -0.39 is 11.5 Å². The maximum Gasteiger partial charge on any atom is 0.410 e. The molecule has 2 aliphatic heterocycles. The van der Waals surface area contributed by atoms with Crippen molar-refractivity contribution in [1.29, 1.82) is 0 Å². The molecule has 43 heavy (non-hydrogen) atoms. The Balaban J connectivity index is 1.30. The Morgan fingerprint density at radius 3 is 2.58 bits per heavy atom. The highest BCUT2D eigenvalue weighted by atomic mass is 16.6. The highest BCUT2D eigenvalue weighted by Gasteiger charge is 2.28. The molecule has 0 radical (unpaired) electrons. The highest BCUT2D eigenvalue weighted by molar-refractivity contribution is 6.06. The summed E-state index contributed by atoms with van der Waals surface area (Å²) in [6.07, 6.45) is 3.63. The smallest absolute Gasteiger partial charge is 0.410 e. The molecule has 0 saturated carbocycles. The van der Waals surface area contributed by atoms with Crippen LogP contribution in [0.2, 0.25) is 0 Å². The maximum absolute atomic E-state index is 12.7. The van der Waals surface area contributed by atoms with Crippen molar-refractivity contribution >= 4 is 28.9 Å². The van der Waals surface area contributed by atoms with E-state index in [9.17, 15) is 9.59 Å². The molecule has 2 aliphatic rings. The number of nitrogens with two attached hydrogens (primary N) is 1. The van der Waals surface area contributed by atoms with E-state index in [-0.39, 0.29) is 17.7 Å². The third-order valence-electron chi connectivity index (χ3n) is 7.41. The largest absolute Gasteiger partial charge is 0.494 e. The van der Waals surface area contributed by atoms with E-state index in [1.807, 2.05) is 45.0 Å². The van der Waals surface area contributed by atoms with Crippen molar-refractivity contribution in [2.75, 3.05) is 57.9 Å². The van der Waals surface area contributed by atoms with Crippen LogP contribution < -0.4 is 15.8 Å². The number of nitrogens with zero attached hydrogens (tertiary/aromatic N) is 5. The van der Waals surface area contributed by atoms with Crippen LogP contribution in [0.25, 0.3) is 22.3 Å². The van der Waals surface area contributed by atoms with Crippen LogP contribution in [-0.2, 0) is 9.47 Å². The zero-order chi connectivity index (χ0) is 30.4. The SMILES string of the molecule is CC(C)(C)OC(=O)N1CCC[C@H](Nc2ncnc3c(C(N)=O)cc(-c4ccc(OCCCN5CCOCC5)cc4)nc23)C1. The Labute approximate surface area is 251 Å². The number of carbonyl (C=O) groups excluding carboxylic acids is 2. The molecule has 0 aliphatic carbocycles. The molecule has 2 amide bonds. The Bertz CT molecular complexity index is 1420. The number of piperidine rings is 1. The summed E-state index contributed by atoms with van der Waals surface area (Å²) >= 11 is 0. The summed E-state index contributed by atoms with van der Waals surface area (Å²) < 4.78 is 16.9. The van der Waals surface area contributed by atoms with Gasteiger partial charge in [-0.3, -0.25) is 9.69 Å². The number of morpholine rings is 1. The second kappa shape index (κ2) is 13.5. The topological polar surface area (TPSA) is 145 Å². The molecule has 12 heteroatoms. The zero-order valence-electron chi connectivity index (χ0n) is 25.2. The maximum atomic E-state index is 12.7. The molecule has 2 fully saturated rings. The van der Waals surface area contributed by atoms with E-state index in [1.54, 1.807) is 11.0 Å². The number of aromatic nitrogens is 3. The number of nitrogens with one attached hydrogen (secondary N) is 1. The monoisotopic (exact) mass is 591 g/mol. The molecule has 1 atom stereocenters. The first-order valence-electron chi connectivity index (χ1n) is 14.9. The number of likely N-dealkylation sites (tertiary alicyclic amines) is 1. The summed E-state index contributed by atoms with van der Waals surface area (Å²) in [6, 6.07) is 9.19. The summed E-state index contributed by atoms with van der Waals surface area (Å²) in [5.41, 5.74) is 7.63. The van der Waals surface area contributed by atoms with E-state index in [1.165, 1.54) is 6.33 Å². The Morgan fingerprint density at radius 1 is 1.09 bits per heavy atom. The molecular formula is C31H41N7O5. The number of primary amides is 1. The van der Waals surface area contributed by atoms with Gasteiger partial charge >= 0.3 is 6.09 Å². The number of amides is 2. The van der Waals surface area contributed by atoms with Gasteiger partial charge in [-0.2, -0.15) is 0 Å². The van der Waals surface area contributed by atoms with Crippen molar-refractivity contribution in [2.24, 2.45) is 5.73 Å². The first kappa shape index (κ1) is 30.4. The van der Waals surface area contributed by atoms with Crippen LogP contribution in [0.5, 0.6) is 5.75 Å². The van der Waals surface area contributed by atoms with Crippen LogP contribution in [0.3, 0.4) is 0 Å². The third-order valence-corrected chi connectivity index (χ3v) is 7.41. The van der Waals surface area contributed by atoms with Crippen LogP contribution in [0.15, 0.2) is 36.7 Å². The summed E-state index contributed by atoms with van der Waals surface area (Å²) in [5.74, 6) is 0.636. The molecule has 5 rings (SSSR count). The molecule has 3 N–H and O–H groups in total. The van der Waals surface area contributed by atoms with Crippen LogP contribution in [0.1, 0.15) is 50.4 Å². The van der Waals surface area contributed by atoms with Gasteiger partial charge in [0.2, 0.25) is 0 Å². The van der Waals surface area contributed by atoms with Gasteiger partial charge in [-0.25, -0.2) is 19.7 Å². The standard InChI is InChI=1S/C31H41N7O5/c1-31(2,3)43-30(40)38-12-4-6-22(19-38)35-29-27-26(33-20-34-29)24(28(32)39)18-25(36-27)21-7-9-23(10-8-21)42-15-5-11-37-13-16-41-17-14-37/h7-10,18,20,22H,4-6,11-17,19H2,1-3H3,(H2,32,39)(H,33,34,35)/t22-/m0/s1. The number of ether oxygens (including phenoxy) is 3. The second-order valence-electron chi connectivity index (χ2n) is 11.9. The van der Waals surface area contributed by atoms with Gasteiger partial charge in [0.25, 0.3) is 5.91 Å². The van der Waals surface area contributed by atoms with Crippen molar-refractivity contribution in [3.05, 3.63) is 42.2 Å². The minimum absolute atomic E-state index is 0.0819. The minimum Gasteiger partial charge on any atom is -0.494 e. The van der Waals surface area contributed by atoms with Gasteiger partial charge in [0, 0.05) is 44.3 Å². The lowest BCUT2D eigenvalue weighted by Crippen LogP contribution is -2.47. The van der Waals surface area contributed by atoms with Crippen LogP contribution in [-0.4, -0.2) is 101 Å². The lowest BCUT2D eigenvalue weighted by Gasteiger charge is -2.34. The molecule has 3 aromatic rings. The van der Waals surface area contributed by atoms with Crippen LogP contribution in [0.4, 0.5) is 10.6 Å². The normalized spacial score (nSPS) is 17.9.